The molecule has 0 aliphatic carbocycles. The summed E-state index contributed by atoms with van der Waals surface area (Å²) in [5.74, 6) is -1.01. The number of nitrogens with one attached hydrogen (secondary N) is 1. The van der Waals surface area contributed by atoms with Gasteiger partial charge in [-0.3, -0.25) is 0 Å². The molecule has 3 nitrogen and oxygen atoms in total. The highest BCUT2D eigenvalue weighted by Crippen LogP contribution is 2.18. The van der Waals surface area contributed by atoms with Gasteiger partial charge in [-0.15, -0.1) is 0 Å². The van der Waals surface area contributed by atoms with Gasteiger partial charge in [-0.2, -0.15) is 0 Å². The molecule has 1 heterocycles. The molecule has 0 bridgehead atoms. The largest absolute Gasteiger partial charge is 0.478 e. The number of carbonyl (C=O) groups is 1. The molecule has 2 aromatic rings. The molecule has 18 heavy (non-hydrogen) atoms. The monoisotopic (exact) mass is 259 g/mol. The minimum absolute atomic E-state index is 0.124. The highest BCUT2D eigenvalue weighted by Gasteiger charge is 2.06. The Hall–Kier alpha value is -1.94. The molecule has 0 saturated carbocycles. The second-order valence-corrected chi connectivity index (χ2v) is 4.38. The minimum Gasteiger partial charge on any atom is -0.478 e. The molecule has 0 spiro atoms. The first-order valence-electron chi connectivity index (χ1n) is 5.67. The number of carboxylic acids is 1. The molecule has 4 heteroatoms. The molecule has 0 aliphatic heterocycles. The number of benzene rings is 1. The maximum absolute atomic E-state index is 10.9. The van der Waals surface area contributed by atoms with E-state index < -0.39 is 5.97 Å². The van der Waals surface area contributed by atoms with Gasteiger partial charge in [0.2, 0.25) is 0 Å². The fraction of sp³-hybridized carbons (Fsp3) is 0.143. The second-order valence-electron chi connectivity index (χ2n) is 3.97. The Morgan fingerprint density at radius 3 is 2.39 bits per heavy atom. The molecule has 0 aliphatic rings. The molecule has 0 radical (unpaired) electrons. The number of H-pyrrole nitrogens is 1. The fourth-order valence-electron chi connectivity index (χ4n) is 1.73. The zero-order valence-electron chi connectivity index (χ0n) is 9.93. The topological polar surface area (TPSA) is 53.1 Å². The van der Waals surface area contributed by atoms with Crippen LogP contribution in [0.1, 0.15) is 22.8 Å². The van der Waals surface area contributed by atoms with Crippen molar-refractivity contribution in [1.82, 2.24) is 4.98 Å². The van der Waals surface area contributed by atoms with Crippen molar-refractivity contribution in [3.63, 3.8) is 0 Å². The van der Waals surface area contributed by atoms with E-state index >= 15 is 0 Å². The molecule has 0 saturated heterocycles. The van der Waals surface area contributed by atoms with Crippen molar-refractivity contribution in [3.8, 4) is 11.3 Å². The van der Waals surface area contributed by atoms with Gasteiger partial charge in [0.15, 0.2) is 0 Å². The normalized spacial score (nSPS) is 10.3. The van der Waals surface area contributed by atoms with Gasteiger partial charge in [-0.25, -0.2) is 4.79 Å². The Bertz CT molecular complexity index is 629. The minimum atomic E-state index is -1.01. The van der Waals surface area contributed by atoms with Crippen molar-refractivity contribution < 1.29 is 9.90 Å². The van der Waals surface area contributed by atoms with Gasteiger partial charge in [-0.1, -0.05) is 43.4 Å². The van der Waals surface area contributed by atoms with Crippen LogP contribution >= 0.6 is 12.2 Å². The van der Waals surface area contributed by atoms with Gasteiger partial charge in [0.05, 0.1) is 5.56 Å². The molecule has 0 atom stereocenters. The summed E-state index contributed by atoms with van der Waals surface area (Å²) in [6, 6.07) is 11.4. The number of rotatable bonds is 3. The predicted octanol–water partition coefficient (Wildman–Crippen LogP) is 3.67. The van der Waals surface area contributed by atoms with E-state index in [1.807, 2.05) is 12.1 Å². The van der Waals surface area contributed by atoms with E-state index in [0.717, 1.165) is 17.7 Å². The van der Waals surface area contributed by atoms with Crippen LogP contribution < -0.4 is 0 Å². The summed E-state index contributed by atoms with van der Waals surface area (Å²) >= 11 is 5.03. The standard InChI is InChI=1S/C14H13NO2S/c1-2-9-3-5-10(6-4-9)12-8-7-11(14(16)17)13(18)15-12/h3-8H,2H2,1H3,(H,15,18)(H,16,17). The number of hydrogen-bond acceptors (Lipinski definition) is 2. The van der Waals surface area contributed by atoms with E-state index in [1.165, 1.54) is 11.6 Å². The molecule has 1 aromatic heterocycles. The molecule has 92 valence electrons. The van der Waals surface area contributed by atoms with E-state index in [9.17, 15) is 4.79 Å². The molecule has 2 N–H and O–H groups in total. The quantitative estimate of drug-likeness (QED) is 0.827. The lowest BCUT2D eigenvalue weighted by Crippen LogP contribution is -1.99. The summed E-state index contributed by atoms with van der Waals surface area (Å²) in [7, 11) is 0. The molecule has 0 amide bonds. The van der Waals surface area contributed by atoms with Crippen LogP contribution in [0.3, 0.4) is 0 Å². The van der Waals surface area contributed by atoms with Crippen molar-refractivity contribution in [2.75, 3.05) is 0 Å². The lowest BCUT2D eigenvalue weighted by molar-refractivity contribution is 0.0696. The highest BCUT2D eigenvalue weighted by molar-refractivity contribution is 7.71. The Labute approximate surface area is 110 Å². The van der Waals surface area contributed by atoms with Crippen LogP contribution in [0.2, 0.25) is 0 Å². The number of aromatic nitrogens is 1. The molecule has 1 aromatic carbocycles. The number of carboxylic acid groups (broad SMARTS) is 1. The van der Waals surface area contributed by atoms with Gasteiger partial charge in [0.1, 0.15) is 4.64 Å². The van der Waals surface area contributed by atoms with Crippen LogP contribution in [-0.2, 0) is 6.42 Å². The smallest absolute Gasteiger partial charge is 0.338 e. The van der Waals surface area contributed by atoms with Gasteiger partial charge in [-0.05, 0) is 29.7 Å². The average Bonchev–Trinajstić information content (AvgIpc) is 2.38. The second kappa shape index (κ2) is 5.14. The van der Waals surface area contributed by atoms with E-state index in [2.05, 4.69) is 24.0 Å². The molecular weight excluding hydrogens is 246 g/mol. The summed E-state index contributed by atoms with van der Waals surface area (Å²) in [6.45, 7) is 2.10. The molecular formula is C14H13NO2S. The molecule has 2 rings (SSSR count). The number of hydrogen-bond donors (Lipinski definition) is 2. The number of aromatic amines is 1. The van der Waals surface area contributed by atoms with Gasteiger partial charge < -0.3 is 10.1 Å². The summed E-state index contributed by atoms with van der Waals surface area (Å²) in [6.07, 6.45) is 0.994. The predicted molar refractivity (Wildman–Crippen MR) is 73.4 cm³/mol. The van der Waals surface area contributed by atoms with Crippen LogP contribution in [0.5, 0.6) is 0 Å². The van der Waals surface area contributed by atoms with Crippen LogP contribution in [0.4, 0.5) is 0 Å². The number of aryl methyl sites for hydroxylation is 1. The Morgan fingerprint density at radius 1 is 1.22 bits per heavy atom. The first-order chi connectivity index (χ1) is 8.61. The maximum Gasteiger partial charge on any atom is 0.338 e. The van der Waals surface area contributed by atoms with E-state index in [0.29, 0.717) is 0 Å². The van der Waals surface area contributed by atoms with Crippen LogP contribution in [0.15, 0.2) is 36.4 Å². The van der Waals surface area contributed by atoms with Crippen molar-refractivity contribution in [2.24, 2.45) is 0 Å². The number of aromatic carboxylic acids is 1. The first-order valence-corrected chi connectivity index (χ1v) is 6.08. The maximum atomic E-state index is 10.9. The zero-order valence-corrected chi connectivity index (χ0v) is 10.8. The molecule has 0 unspecified atom stereocenters. The first kappa shape index (κ1) is 12.5. The Kier molecular flexibility index (Phi) is 3.58. The summed E-state index contributed by atoms with van der Waals surface area (Å²) in [5.41, 5.74) is 3.21. The Morgan fingerprint density at radius 2 is 1.89 bits per heavy atom. The average molecular weight is 259 g/mol. The van der Waals surface area contributed by atoms with Crippen molar-refractivity contribution in [3.05, 3.63) is 52.2 Å². The van der Waals surface area contributed by atoms with E-state index in [-0.39, 0.29) is 10.2 Å². The summed E-state index contributed by atoms with van der Waals surface area (Å²) < 4.78 is 0.250. The number of pyridine rings is 1. The van der Waals surface area contributed by atoms with E-state index in [1.54, 1.807) is 6.07 Å². The zero-order chi connectivity index (χ0) is 13.1. The lowest BCUT2D eigenvalue weighted by Gasteiger charge is -2.04. The third-order valence-electron chi connectivity index (χ3n) is 2.81. The fourth-order valence-corrected chi connectivity index (χ4v) is 2.00. The van der Waals surface area contributed by atoms with Crippen molar-refractivity contribution in [1.29, 1.82) is 0 Å². The third-order valence-corrected chi connectivity index (χ3v) is 3.14. The SMILES string of the molecule is CCc1ccc(-c2ccc(C(=O)O)c(=S)[nH]2)cc1. The Balaban J connectivity index is 2.42. The summed E-state index contributed by atoms with van der Waals surface area (Å²) in [5, 5.41) is 8.91. The van der Waals surface area contributed by atoms with Crippen LogP contribution in [0, 0.1) is 4.64 Å². The van der Waals surface area contributed by atoms with Crippen LogP contribution in [-0.4, -0.2) is 16.1 Å². The highest BCUT2D eigenvalue weighted by atomic mass is 32.1. The van der Waals surface area contributed by atoms with Gasteiger partial charge in [0.25, 0.3) is 0 Å². The van der Waals surface area contributed by atoms with Gasteiger partial charge in [0, 0.05) is 5.69 Å². The van der Waals surface area contributed by atoms with Crippen LogP contribution in [0.25, 0.3) is 11.3 Å². The lowest BCUT2D eigenvalue weighted by atomic mass is 10.1. The third kappa shape index (κ3) is 2.49. The van der Waals surface area contributed by atoms with Gasteiger partial charge >= 0.3 is 5.97 Å². The summed E-state index contributed by atoms with van der Waals surface area (Å²) in [4.78, 5) is 13.8. The van der Waals surface area contributed by atoms with Crippen molar-refractivity contribution >= 4 is 18.2 Å². The van der Waals surface area contributed by atoms with E-state index in [4.69, 9.17) is 17.3 Å². The van der Waals surface area contributed by atoms with Crippen molar-refractivity contribution in [2.45, 2.75) is 13.3 Å². The molecule has 0 fully saturated rings.